The van der Waals surface area contributed by atoms with Crippen molar-refractivity contribution in [3.63, 3.8) is 0 Å². The number of esters is 2. The van der Waals surface area contributed by atoms with Crippen LogP contribution in [0.4, 0.5) is 11.4 Å². The van der Waals surface area contributed by atoms with Crippen molar-refractivity contribution in [2.24, 2.45) is 10.2 Å². The van der Waals surface area contributed by atoms with E-state index >= 15 is 0 Å². The van der Waals surface area contributed by atoms with E-state index in [-0.39, 0.29) is 37.6 Å². The molecular weight excluding hydrogens is 390 g/mol. The quantitative estimate of drug-likeness (QED) is 0.497. The van der Waals surface area contributed by atoms with Crippen molar-refractivity contribution in [1.29, 1.82) is 0 Å². The lowest BCUT2D eigenvalue weighted by molar-refractivity contribution is -0.147. The van der Waals surface area contributed by atoms with Crippen molar-refractivity contribution in [1.82, 2.24) is 4.90 Å². The summed E-state index contributed by atoms with van der Waals surface area (Å²) in [6.07, 6.45) is 0. The molecule has 0 aliphatic rings. The maximum atomic E-state index is 12.8. The van der Waals surface area contributed by atoms with Gasteiger partial charge in [-0.1, -0.05) is 0 Å². The molecule has 0 fully saturated rings. The summed E-state index contributed by atoms with van der Waals surface area (Å²) in [5.41, 5.74) is 1.33. The molecule has 0 saturated heterocycles. The fourth-order valence-electron chi connectivity index (χ4n) is 2.41. The highest BCUT2D eigenvalue weighted by Crippen LogP contribution is 2.21. The molecule has 0 aromatic heterocycles. The highest BCUT2D eigenvalue weighted by molar-refractivity contribution is 5.98. The second-order valence-corrected chi connectivity index (χ2v) is 6.03. The van der Waals surface area contributed by atoms with Gasteiger partial charge in [0.25, 0.3) is 5.91 Å². The number of carbonyl (C=O) groups is 3. The lowest BCUT2D eigenvalue weighted by Gasteiger charge is -2.20. The first kappa shape index (κ1) is 22.5. The van der Waals surface area contributed by atoms with Crippen molar-refractivity contribution in [3.8, 4) is 5.75 Å². The van der Waals surface area contributed by atoms with Crippen LogP contribution in [-0.2, 0) is 19.1 Å². The van der Waals surface area contributed by atoms with Gasteiger partial charge in [-0.2, -0.15) is 10.2 Å². The van der Waals surface area contributed by atoms with Crippen molar-refractivity contribution in [3.05, 3.63) is 54.1 Å². The molecule has 0 saturated carbocycles. The Morgan fingerprint density at radius 1 is 0.800 bits per heavy atom. The van der Waals surface area contributed by atoms with Crippen molar-refractivity contribution < 1.29 is 29.0 Å². The van der Waals surface area contributed by atoms with Gasteiger partial charge in [-0.15, -0.1) is 0 Å². The van der Waals surface area contributed by atoms with Gasteiger partial charge in [0.1, 0.15) is 18.8 Å². The summed E-state index contributed by atoms with van der Waals surface area (Å²) in [6, 6.07) is 12.4. The molecule has 0 aliphatic carbocycles. The molecule has 1 amide bonds. The Balaban J connectivity index is 2.11. The molecule has 9 nitrogen and oxygen atoms in total. The first-order valence-electron chi connectivity index (χ1n) is 9.34. The fraction of sp³-hybridized carbons (Fsp3) is 0.286. The molecule has 0 heterocycles. The number of ether oxygens (including phenoxy) is 2. The number of carbonyl (C=O) groups excluding carboxylic acids is 3. The molecule has 0 bridgehead atoms. The lowest BCUT2D eigenvalue weighted by Crippen LogP contribution is -2.40. The van der Waals surface area contributed by atoms with Gasteiger partial charge in [0.05, 0.1) is 24.6 Å². The van der Waals surface area contributed by atoms with Crippen LogP contribution in [0.2, 0.25) is 0 Å². The van der Waals surface area contributed by atoms with Gasteiger partial charge in [0, 0.05) is 5.56 Å². The number of phenols is 1. The van der Waals surface area contributed by atoms with Crippen molar-refractivity contribution in [2.45, 2.75) is 13.8 Å². The van der Waals surface area contributed by atoms with Gasteiger partial charge in [-0.3, -0.25) is 14.4 Å². The predicted molar refractivity (Wildman–Crippen MR) is 108 cm³/mol. The third-order valence-corrected chi connectivity index (χ3v) is 3.78. The number of amides is 1. The summed E-state index contributed by atoms with van der Waals surface area (Å²) in [6.45, 7) is 2.91. The van der Waals surface area contributed by atoms with Gasteiger partial charge in [-0.05, 0) is 62.4 Å². The van der Waals surface area contributed by atoms with Gasteiger partial charge in [-0.25, -0.2) is 0 Å². The molecule has 2 rings (SSSR count). The number of benzene rings is 2. The van der Waals surface area contributed by atoms with E-state index in [0.29, 0.717) is 11.4 Å². The molecule has 9 heteroatoms. The zero-order valence-electron chi connectivity index (χ0n) is 16.8. The van der Waals surface area contributed by atoms with Crippen LogP contribution in [0.5, 0.6) is 5.75 Å². The summed E-state index contributed by atoms with van der Waals surface area (Å²) in [5.74, 6) is -1.62. The minimum Gasteiger partial charge on any atom is -0.508 e. The van der Waals surface area contributed by atoms with E-state index in [9.17, 15) is 19.5 Å². The van der Waals surface area contributed by atoms with Crippen LogP contribution in [0.1, 0.15) is 24.2 Å². The van der Waals surface area contributed by atoms with Crippen LogP contribution in [0.15, 0.2) is 58.8 Å². The van der Waals surface area contributed by atoms with Crippen LogP contribution >= 0.6 is 0 Å². The molecule has 158 valence electrons. The molecular formula is C21H23N3O6. The summed E-state index contributed by atoms with van der Waals surface area (Å²) in [5, 5.41) is 17.4. The molecule has 30 heavy (non-hydrogen) atoms. The number of hydrogen-bond donors (Lipinski definition) is 1. The van der Waals surface area contributed by atoms with Crippen molar-refractivity contribution >= 4 is 29.2 Å². The van der Waals surface area contributed by atoms with Crippen LogP contribution in [-0.4, -0.2) is 54.2 Å². The third-order valence-electron chi connectivity index (χ3n) is 3.78. The normalized spacial score (nSPS) is 10.6. The Morgan fingerprint density at radius 3 is 1.67 bits per heavy atom. The summed E-state index contributed by atoms with van der Waals surface area (Å²) >= 11 is 0. The zero-order valence-corrected chi connectivity index (χ0v) is 16.8. The molecule has 0 aliphatic heterocycles. The number of rotatable bonds is 9. The van der Waals surface area contributed by atoms with Gasteiger partial charge >= 0.3 is 11.9 Å². The molecule has 0 unspecified atom stereocenters. The molecule has 2 aromatic rings. The zero-order chi connectivity index (χ0) is 21.9. The SMILES string of the molecule is CCOC(=O)CN(CC(=O)OCC)C(=O)c1ccc(N=Nc2ccc(O)cc2)cc1. The predicted octanol–water partition coefficient (Wildman–Crippen LogP) is 3.38. The number of phenolic OH excluding ortho intramolecular Hbond substituents is 1. The Bertz CT molecular complexity index is 874. The first-order valence-corrected chi connectivity index (χ1v) is 9.34. The van der Waals surface area contributed by atoms with Gasteiger partial charge in [0.2, 0.25) is 0 Å². The Morgan fingerprint density at radius 2 is 1.23 bits per heavy atom. The van der Waals surface area contributed by atoms with E-state index in [1.807, 2.05) is 0 Å². The Labute approximate surface area is 173 Å². The smallest absolute Gasteiger partial charge is 0.325 e. The minimum absolute atomic E-state index is 0.131. The van der Waals surface area contributed by atoms with E-state index < -0.39 is 17.8 Å². The summed E-state index contributed by atoms with van der Waals surface area (Å²) in [4.78, 5) is 37.5. The van der Waals surface area contributed by atoms with Crippen LogP contribution in [0.25, 0.3) is 0 Å². The molecule has 2 aromatic carbocycles. The molecule has 0 radical (unpaired) electrons. The van der Waals surface area contributed by atoms with Gasteiger partial charge in [0.15, 0.2) is 0 Å². The van der Waals surface area contributed by atoms with Crippen molar-refractivity contribution in [2.75, 3.05) is 26.3 Å². The molecule has 0 atom stereocenters. The first-order chi connectivity index (χ1) is 14.4. The lowest BCUT2D eigenvalue weighted by atomic mass is 10.2. The third kappa shape index (κ3) is 7.01. The van der Waals surface area contributed by atoms with Crippen LogP contribution < -0.4 is 0 Å². The van der Waals surface area contributed by atoms with E-state index in [1.54, 1.807) is 38.1 Å². The summed E-state index contributed by atoms with van der Waals surface area (Å²) < 4.78 is 9.74. The van der Waals surface area contributed by atoms with E-state index in [1.165, 1.54) is 24.3 Å². The monoisotopic (exact) mass is 413 g/mol. The maximum Gasteiger partial charge on any atom is 0.325 e. The number of aromatic hydroxyl groups is 1. The number of azo groups is 1. The summed E-state index contributed by atoms with van der Waals surface area (Å²) in [7, 11) is 0. The standard InChI is InChI=1S/C21H23N3O6/c1-3-29-19(26)13-24(14-20(27)30-4-2)21(28)15-5-7-16(8-6-15)22-23-17-9-11-18(25)12-10-17/h5-12,25H,3-4,13-14H2,1-2H3. The Kier molecular flexibility index (Phi) is 8.49. The molecule has 0 spiro atoms. The largest absolute Gasteiger partial charge is 0.508 e. The van der Waals surface area contributed by atoms with Crippen LogP contribution in [0.3, 0.4) is 0 Å². The average molecular weight is 413 g/mol. The fourth-order valence-corrected chi connectivity index (χ4v) is 2.41. The number of hydrogen-bond acceptors (Lipinski definition) is 8. The second kappa shape index (κ2) is 11.3. The van der Waals surface area contributed by atoms with E-state index in [2.05, 4.69) is 10.2 Å². The molecule has 1 N–H and O–H groups in total. The highest BCUT2D eigenvalue weighted by atomic mass is 16.5. The van der Waals surface area contributed by atoms with E-state index in [0.717, 1.165) is 4.90 Å². The number of nitrogens with zero attached hydrogens (tertiary/aromatic N) is 3. The average Bonchev–Trinajstić information content (AvgIpc) is 2.73. The second-order valence-electron chi connectivity index (χ2n) is 6.03. The topological polar surface area (TPSA) is 118 Å². The Hall–Kier alpha value is -3.75. The maximum absolute atomic E-state index is 12.8. The van der Waals surface area contributed by atoms with E-state index in [4.69, 9.17) is 9.47 Å². The highest BCUT2D eigenvalue weighted by Gasteiger charge is 2.22. The van der Waals surface area contributed by atoms with Crippen LogP contribution in [0, 0.1) is 0 Å². The minimum atomic E-state index is -0.616. The van der Waals surface area contributed by atoms with Gasteiger partial charge < -0.3 is 19.5 Å².